The van der Waals surface area contributed by atoms with Crippen LogP contribution < -0.4 is 14.4 Å². The van der Waals surface area contributed by atoms with Gasteiger partial charge in [-0.15, -0.1) is 0 Å². The fraction of sp³-hybridized carbons (Fsp3) is 0.455. The number of piperidine rings is 1. The van der Waals surface area contributed by atoms with E-state index in [0.29, 0.717) is 0 Å². The van der Waals surface area contributed by atoms with Crippen molar-refractivity contribution in [2.24, 2.45) is 0 Å². The van der Waals surface area contributed by atoms with E-state index in [4.69, 9.17) is 19.2 Å². The first kappa shape index (κ1) is 18.2. The number of benzene rings is 1. The molecule has 152 valence electrons. The van der Waals surface area contributed by atoms with Crippen molar-refractivity contribution >= 4 is 16.7 Å². The van der Waals surface area contributed by atoms with Crippen LogP contribution in [-0.2, 0) is 16.8 Å². The van der Waals surface area contributed by atoms with E-state index < -0.39 is 0 Å². The number of anilines is 1. The largest absolute Gasteiger partial charge is 0.497 e. The molecule has 3 aromatic rings. The first-order valence-corrected chi connectivity index (χ1v) is 10.1. The number of nitrogens with one attached hydrogen (secondary N) is 1. The number of aromatic amines is 1. The number of ether oxygens (including phenoxy) is 3. The van der Waals surface area contributed by atoms with Crippen LogP contribution in [0, 0.1) is 6.92 Å². The van der Waals surface area contributed by atoms with Gasteiger partial charge in [0.2, 0.25) is 0 Å². The van der Waals surface area contributed by atoms with Gasteiger partial charge in [0.15, 0.2) is 0 Å². The van der Waals surface area contributed by atoms with Gasteiger partial charge in [-0.1, -0.05) is 0 Å². The minimum atomic E-state index is -0.239. The Morgan fingerprint density at radius 1 is 1.14 bits per heavy atom. The highest BCUT2D eigenvalue weighted by atomic mass is 16.5. The molecule has 2 aliphatic rings. The van der Waals surface area contributed by atoms with Crippen molar-refractivity contribution in [3.05, 3.63) is 41.2 Å². The van der Waals surface area contributed by atoms with Crippen molar-refractivity contribution < 1.29 is 14.2 Å². The van der Waals surface area contributed by atoms with Gasteiger partial charge in [-0.05, 0) is 49.4 Å². The molecule has 0 unspecified atom stereocenters. The van der Waals surface area contributed by atoms with E-state index in [2.05, 4.69) is 28.1 Å². The minimum absolute atomic E-state index is 0.239. The maximum atomic E-state index is 6.28. The lowest BCUT2D eigenvalue weighted by molar-refractivity contribution is -0.0796. The number of pyridine rings is 1. The van der Waals surface area contributed by atoms with Crippen LogP contribution in [-0.4, -0.2) is 49.1 Å². The molecular formula is C22H26N4O3. The number of hydrogen-bond donors (Lipinski definition) is 1. The zero-order valence-electron chi connectivity index (χ0n) is 17.1. The molecule has 0 aliphatic carbocycles. The molecule has 29 heavy (non-hydrogen) atoms. The summed E-state index contributed by atoms with van der Waals surface area (Å²) in [6, 6.07) is 6.06. The van der Waals surface area contributed by atoms with Gasteiger partial charge in [0, 0.05) is 24.5 Å². The fourth-order valence-electron chi connectivity index (χ4n) is 4.67. The molecule has 7 heteroatoms. The van der Waals surface area contributed by atoms with Crippen LogP contribution in [0.15, 0.2) is 24.4 Å². The molecule has 1 saturated heterocycles. The molecule has 1 spiro atoms. The van der Waals surface area contributed by atoms with Gasteiger partial charge in [-0.3, -0.25) is 5.10 Å². The third kappa shape index (κ3) is 2.92. The molecule has 0 saturated carbocycles. The summed E-state index contributed by atoms with van der Waals surface area (Å²) in [5.74, 6) is 2.49. The molecule has 0 bridgehead atoms. The Balaban J connectivity index is 1.46. The van der Waals surface area contributed by atoms with Crippen LogP contribution in [0.2, 0.25) is 0 Å². The van der Waals surface area contributed by atoms with Crippen LogP contribution in [0.5, 0.6) is 11.5 Å². The van der Waals surface area contributed by atoms with Crippen LogP contribution >= 0.6 is 0 Å². The molecule has 1 aromatic carbocycles. The smallest absolute Gasteiger partial charge is 0.148 e. The maximum absolute atomic E-state index is 6.28. The van der Waals surface area contributed by atoms with Gasteiger partial charge < -0.3 is 19.1 Å². The molecular weight excluding hydrogens is 368 g/mol. The van der Waals surface area contributed by atoms with Crippen LogP contribution in [0.25, 0.3) is 10.9 Å². The predicted molar refractivity (Wildman–Crippen MR) is 111 cm³/mol. The van der Waals surface area contributed by atoms with Gasteiger partial charge in [0.1, 0.15) is 28.4 Å². The van der Waals surface area contributed by atoms with Gasteiger partial charge in [0.05, 0.1) is 32.7 Å². The Morgan fingerprint density at radius 3 is 2.72 bits per heavy atom. The van der Waals surface area contributed by atoms with E-state index in [-0.39, 0.29) is 5.60 Å². The number of H-pyrrole nitrogens is 1. The van der Waals surface area contributed by atoms with Crippen molar-refractivity contribution in [3.8, 4) is 11.5 Å². The maximum Gasteiger partial charge on any atom is 0.148 e. The average Bonchev–Trinajstić information content (AvgIpc) is 3.24. The summed E-state index contributed by atoms with van der Waals surface area (Å²) in [5.41, 5.74) is 4.25. The molecule has 0 atom stereocenters. The molecule has 4 heterocycles. The topological polar surface area (TPSA) is 72.5 Å². The summed E-state index contributed by atoms with van der Waals surface area (Å²) in [6.45, 7) is 4.64. The number of fused-ring (bicyclic) bond motifs is 3. The van der Waals surface area contributed by atoms with Crippen molar-refractivity contribution in [1.82, 2.24) is 15.2 Å². The number of methoxy groups -OCH3 is 2. The number of rotatable bonds is 3. The Kier molecular flexibility index (Phi) is 4.35. The quantitative estimate of drug-likeness (QED) is 0.735. The first-order valence-electron chi connectivity index (χ1n) is 10.1. The molecule has 1 fully saturated rings. The number of aryl methyl sites for hydroxylation is 1. The SMILES string of the molecule is COc1cc(OC)c2nc(N3CCC4(CC3)OCCc3cn[nH]c34)cc(C)c2c1. The predicted octanol–water partition coefficient (Wildman–Crippen LogP) is 3.35. The van der Waals surface area contributed by atoms with E-state index in [9.17, 15) is 0 Å². The second-order valence-electron chi connectivity index (χ2n) is 7.87. The van der Waals surface area contributed by atoms with E-state index in [1.807, 2.05) is 18.3 Å². The third-order valence-electron chi connectivity index (χ3n) is 6.32. The molecule has 7 nitrogen and oxygen atoms in total. The lowest BCUT2D eigenvalue weighted by Gasteiger charge is -2.43. The summed E-state index contributed by atoms with van der Waals surface area (Å²) in [5, 5.41) is 8.50. The monoisotopic (exact) mass is 394 g/mol. The first-order chi connectivity index (χ1) is 14.1. The second kappa shape index (κ2) is 6.91. The highest BCUT2D eigenvalue weighted by Crippen LogP contribution is 2.41. The molecule has 2 aromatic heterocycles. The van der Waals surface area contributed by atoms with Crippen LogP contribution in [0.4, 0.5) is 5.82 Å². The highest BCUT2D eigenvalue weighted by molar-refractivity contribution is 5.90. The molecule has 0 amide bonds. The molecule has 1 N–H and O–H groups in total. The molecule has 5 rings (SSSR count). The molecule has 2 aliphatic heterocycles. The van der Waals surface area contributed by atoms with E-state index in [1.165, 1.54) is 11.3 Å². The summed E-state index contributed by atoms with van der Waals surface area (Å²) in [4.78, 5) is 7.30. The zero-order chi connectivity index (χ0) is 20.0. The standard InChI is InChI=1S/C22H26N4O3/c1-14-10-19(24-20-17(14)11-16(27-2)12-18(20)28-3)26-7-5-22(6-8-26)21-15(4-9-29-22)13-23-25-21/h10-13H,4-9H2,1-3H3,(H,23,25). The Morgan fingerprint density at radius 2 is 1.97 bits per heavy atom. The molecule has 0 radical (unpaired) electrons. The lowest BCUT2D eigenvalue weighted by atomic mass is 9.84. The number of hydrogen-bond acceptors (Lipinski definition) is 6. The Hall–Kier alpha value is -2.80. The minimum Gasteiger partial charge on any atom is -0.497 e. The third-order valence-corrected chi connectivity index (χ3v) is 6.32. The van der Waals surface area contributed by atoms with Gasteiger partial charge in [-0.2, -0.15) is 5.10 Å². The van der Waals surface area contributed by atoms with Gasteiger partial charge >= 0.3 is 0 Å². The van der Waals surface area contributed by atoms with Gasteiger partial charge in [-0.25, -0.2) is 4.98 Å². The highest BCUT2D eigenvalue weighted by Gasteiger charge is 2.42. The van der Waals surface area contributed by atoms with Crippen LogP contribution in [0.1, 0.15) is 29.7 Å². The lowest BCUT2D eigenvalue weighted by Crippen LogP contribution is -2.47. The van der Waals surface area contributed by atoms with E-state index >= 15 is 0 Å². The fourth-order valence-corrected chi connectivity index (χ4v) is 4.67. The summed E-state index contributed by atoms with van der Waals surface area (Å²) < 4.78 is 17.3. The van der Waals surface area contributed by atoms with E-state index in [1.54, 1.807) is 14.2 Å². The second-order valence-corrected chi connectivity index (χ2v) is 7.87. The van der Waals surface area contributed by atoms with Gasteiger partial charge in [0.25, 0.3) is 0 Å². The average molecular weight is 394 g/mol. The van der Waals surface area contributed by atoms with Crippen molar-refractivity contribution in [1.29, 1.82) is 0 Å². The summed E-state index contributed by atoms with van der Waals surface area (Å²) in [7, 11) is 3.34. The van der Waals surface area contributed by atoms with Crippen LogP contribution in [0.3, 0.4) is 0 Å². The van der Waals surface area contributed by atoms with Crippen molar-refractivity contribution in [3.63, 3.8) is 0 Å². The van der Waals surface area contributed by atoms with E-state index in [0.717, 1.165) is 72.7 Å². The Bertz CT molecular complexity index is 1050. The zero-order valence-corrected chi connectivity index (χ0v) is 17.1. The van der Waals surface area contributed by atoms with Crippen molar-refractivity contribution in [2.75, 3.05) is 38.8 Å². The summed E-state index contributed by atoms with van der Waals surface area (Å²) >= 11 is 0. The number of nitrogens with zero attached hydrogens (tertiary/aromatic N) is 3. The normalized spacial score (nSPS) is 18.1. The summed E-state index contributed by atoms with van der Waals surface area (Å²) in [6.07, 6.45) is 4.72. The van der Waals surface area contributed by atoms with Crippen molar-refractivity contribution in [2.45, 2.75) is 31.8 Å². The number of aromatic nitrogens is 3. The Labute approximate surface area is 170 Å².